The Morgan fingerprint density at radius 2 is 2.10 bits per heavy atom. The number of halogens is 2. The summed E-state index contributed by atoms with van der Waals surface area (Å²) in [6, 6.07) is 14.1. The minimum atomic E-state index is -0.135. The van der Waals surface area contributed by atoms with E-state index in [4.69, 9.17) is 0 Å². The van der Waals surface area contributed by atoms with E-state index in [0.717, 1.165) is 22.9 Å². The molecule has 2 unspecified atom stereocenters. The fourth-order valence-electron chi connectivity index (χ4n) is 2.93. The molecule has 0 aliphatic heterocycles. The van der Waals surface area contributed by atoms with Crippen molar-refractivity contribution >= 4 is 15.9 Å². The van der Waals surface area contributed by atoms with Gasteiger partial charge in [0.25, 0.3) is 0 Å². The minimum absolute atomic E-state index is 0.135. The highest BCUT2D eigenvalue weighted by molar-refractivity contribution is 9.10. The summed E-state index contributed by atoms with van der Waals surface area (Å²) in [4.78, 5) is 0. The third-order valence-corrected chi connectivity index (χ3v) is 4.48. The van der Waals surface area contributed by atoms with Crippen molar-refractivity contribution in [3.05, 3.63) is 69.4 Å². The normalized spacial score (nSPS) is 18.9. The Morgan fingerprint density at radius 3 is 2.90 bits per heavy atom. The van der Waals surface area contributed by atoms with Crippen LogP contribution in [-0.4, -0.2) is 0 Å². The molecule has 0 saturated carbocycles. The molecular formula is C17H17BrFN. The van der Waals surface area contributed by atoms with Gasteiger partial charge >= 0.3 is 0 Å². The highest BCUT2D eigenvalue weighted by Crippen LogP contribution is 2.33. The van der Waals surface area contributed by atoms with Crippen LogP contribution in [0, 0.1) is 5.82 Å². The molecule has 2 atom stereocenters. The van der Waals surface area contributed by atoms with Gasteiger partial charge in [-0.3, -0.25) is 0 Å². The van der Waals surface area contributed by atoms with Gasteiger partial charge in [0.1, 0.15) is 5.82 Å². The highest BCUT2D eigenvalue weighted by atomic mass is 79.9. The monoisotopic (exact) mass is 333 g/mol. The Kier molecular flexibility index (Phi) is 3.90. The molecule has 0 saturated heterocycles. The summed E-state index contributed by atoms with van der Waals surface area (Å²) in [7, 11) is 0. The Morgan fingerprint density at radius 1 is 1.25 bits per heavy atom. The zero-order chi connectivity index (χ0) is 14.1. The average molecular weight is 334 g/mol. The van der Waals surface area contributed by atoms with Gasteiger partial charge in [-0.05, 0) is 60.7 Å². The first-order valence-corrected chi connectivity index (χ1v) is 7.72. The quantitative estimate of drug-likeness (QED) is 0.839. The van der Waals surface area contributed by atoms with Gasteiger partial charge in [-0.2, -0.15) is 0 Å². The second-order valence-electron chi connectivity index (χ2n) is 5.38. The van der Waals surface area contributed by atoms with Crippen LogP contribution in [0.15, 0.2) is 46.9 Å². The first kappa shape index (κ1) is 13.8. The summed E-state index contributed by atoms with van der Waals surface area (Å²) >= 11 is 3.51. The molecule has 0 bridgehead atoms. The van der Waals surface area contributed by atoms with E-state index in [1.807, 2.05) is 12.1 Å². The standard InChI is InChI=1S/C17H17BrFN/c1-11(12-3-2-4-14(18)9-12)20-17-8-5-13-10-15(19)6-7-16(13)17/h2-4,6-7,9-11,17,20H,5,8H2,1H3. The lowest BCUT2D eigenvalue weighted by Gasteiger charge is -2.21. The molecule has 1 nitrogen and oxygen atoms in total. The third-order valence-electron chi connectivity index (χ3n) is 3.98. The van der Waals surface area contributed by atoms with Crippen molar-refractivity contribution in [2.45, 2.75) is 31.8 Å². The van der Waals surface area contributed by atoms with Gasteiger partial charge in [-0.15, -0.1) is 0 Å². The molecule has 3 heteroatoms. The summed E-state index contributed by atoms with van der Waals surface area (Å²) in [6.45, 7) is 2.17. The van der Waals surface area contributed by atoms with Crippen molar-refractivity contribution < 1.29 is 4.39 Å². The fraction of sp³-hybridized carbons (Fsp3) is 0.294. The van der Waals surface area contributed by atoms with E-state index >= 15 is 0 Å². The van der Waals surface area contributed by atoms with Crippen LogP contribution >= 0.6 is 15.9 Å². The van der Waals surface area contributed by atoms with E-state index in [1.54, 1.807) is 12.1 Å². The summed E-state index contributed by atoms with van der Waals surface area (Å²) in [5.74, 6) is -0.135. The van der Waals surface area contributed by atoms with E-state index < -0.39 is 0 Å². The molecule has 1 aliphatic carbocycles. The molecule has 0 amide bonds. The average Bonchev–Trinajstić information content (AvgIpc) is 2.81. The van der Waals surface area contributed by atoms with Crippen molar-refractivity contribution in [1.29, 1.82) is 0 Å². The zero-order valence-corrected chi connectivity index (χ0v) is 13.0. The van der Waals surface area contributed by atoms with Crippen LogP contribution in [0.25, 0.3) is 0 Å². The fourth-order valence-corrected chi connectivity index (χ4v) is 3.35. The largest absolute Gasteiger partial charge is 0.303 e. The van der Waals surface area contributed by atoms with Crippen LogP contribution in [0.4, 0.5) is 4.39 Å². The first-order valence-electron chi connectivity index (χ1n) is 6.93. The molecule has 2 aromatic rings. The number of fused-ring (bicyclic) bond motifs is 1. The second-order valence-corrected chi connectivity index (χ2v) is 6.29. The van der Waals surface area contributed by atoms with E-state index in [1.165, 1.54) is 11.1 Å². The summed E-state index contributed by atoms with van der Waals surface area (Å²) in [6.07, 6.45) is 1.99. The van der Waals surface area contributed by atoms with Gasteiger partial charge in [0.2, 0.25) is 0 Å². The third kappa shape index (κ3) is 2.79. The molecular weight excluding hydrogens is 317 g/mol. The van der Waals surface area contributed by atoms with Gasteiger partial charge < -0.3 is 5.32 Å². The SMILES string of the molecule is CC(NC1CCc2cc(F)ccc21)c1cccc(Br)c1. The van der Waals surface area contributed by atoms with Gasteiger partial charge in [-0.1, -0.05) is 34.1 Å². The van der Waals surface area contributed by atoms with Crippen LogP contribution in [-0.2, 0) is 6.42 Å². The lowest BCUT2D eigenvalue weighted by molar-refractivity contribution is 0.465. The zero-order valence-electron chi connectivity index (χ0n) is 11.4. The van der Waals surface area contributed by atoms with E-state index in [9.17, 15) is 4.39 Å². The van der Waals surface area contributed by atoms with Crippen molar-refractivity contribution in [2.24, 2.45) is 0 Å². The molecule has 0 spiro atoms. The van der Waals surface area contributed by atoms with Gasteiger partial charge in [-0.25, -0.2) is 4.39 Å². The van der Waals surface area contributed by atoms with Crippen LogP contribution in [0.1, 0.15) is 42.1 Å². The van der Waals surface area contributed by atoms with Crippen LogP contribution < -0.4 is 5.32 Å². The van der Waals surface area contributed by atoms with Crippen molar-refractivity contribution in [3.63, 3.8) is 0 Å². The smallest absolute Gasteiger partial charge is 0.123 e. The number of nitrogens with one attached hydrogen (secondary N) is 1. The minimum Gasteiger partial charge on any atom is -0.303 e. The van der Waals surface area contributed by atoms with Gasteiger partial charge in [0.15, 0.2) is 0 Å². The Bertz CT molecular complexity index is 626. The number of rotatable bonds is 3. The molecule has 104 valence electrons. The number of benzene rings is 2. The molecule has 1 N–H and O–H groups in total. The molecule has 0 radical (unpaired) electrons. The predicted octanol–water partition coefficient (Wildman–Crippen LogP) is 4.93. The Hall–Kier alpha value is -1.19. The van der Waals surface area contributed by atoms with Crippen molar-refractivity contribution in [3.8, 4) is 0 Å². The number of aryl methyl sites for hydroxylation is 1. The van der Waals surface area contributed by atoms with Gasteiger partial charge in [0.05, 0.1) is 0 Å². The van der Waals surface area contributed by atoms with Crippen LogP contribution in [0.5, 0.6) is 0 Å². The lowest BCUT2D eigenvalue weighted by atomic mass is 10.0. The molecule has 0 aromatic heterocycles. The molecule has 1 aliphatic rings. The molecule has 0 fully saturated rings. The second kappa shape index (κ2) is 5.66. The lowest BCUT2D eigenvalue weighted by Crippen LogP contribution is -2.23. The van der Waals surface area contributed by atoms with E-state index in [2.05, 4.69) is 46.4 Å². The Labute approximate surface area is 127 Å². The van der Waals surface area contributed by atoms with E-state index in [-0.39, 0.29) is 11.9 Å². The first-order chi connectivity index (χ1) is 9.63. The highest BCUT2D eigenvalue weighted by Gasteiger charge is 2.24. The number of hydrogen-bond donors (Lipinski definition) is 1. The predicted molar refractivity (Wildman–Crippen MR) is 83.2 cm³/mol. The van der Waals surface area contributed by atoms with Crippen LogP contribution in [0.2, 0.25) is 0 Å². The van der Waals surface area contributed by atoms with Crippen LogP contribution in [0.3, 0.4) is 0 Å². The summed E-state index contributed by atoms with van der Waals surface area (Å²) in [5.41, 5.74) is 3.65. The molecule has 2 aromatic carbocycles. The maximum atomic E-state index is 13.2. The van der Waals surface area contributed by atoms with Crippen molar-refractivity contribution in [1.82, 2.24) is 5.32 Å². The number of hydrogen-bond acceptors (Lipinski definition) is 1. The topological polar surface area (TPSA) is 12.0 Å². The maximum Gasteiger partial charge on any atom is 0.123 e. The molecule has 0 heterocycles. The van der Waals surface area contributed by atoms with Gasteiger partial charge in [0, 0.05) is 16.6 Å². The maximum absolute atomic E-state index is 13.2. The molecule has 20 heavy (non-hydrogen) atoms. The summed E-state index contributed by atoms with van der Waals surface area (Å²) < 4.78 is 14.3. The van der Waals surface area contributed by atoms with Crippen molar-refractivity contribution in [2.75, 3.05) is 0 Å². The summed E-state index contributed by atoms with van der Waals surface area (Å²) in [5, 5.41) is 3.65. The molecule has 3 rings (SSSR count). The Balaban J connectivity index is 1.77. The van der Waals surface area contributed by atoms with E-state index in [0.29, 0.717) is 6.04 Å².